The number of carbonyl (C=O) groups is 3. The van der Waals surface area contributed by atoms with Gasteiger partial charge in [-0.25, -0.2) is 9.36 Å². The number of hydrogen-bond donors (Lipinski definition) is 4. The summed E-state index contributed by atoms with van der Waals surface area (Å²) >= 11 is 0. The second-order valence-corrected chi connectivity index (χ2v) is 13.5. The number of phosphoric ester groups is 1. The molecule has 0 aromatic rings. The summed E-state index contributed by atoms with van der Waals surface area (Å²) in [7, 11) is -4.72. The van der Waals surface area contributed by atoms with Gasteiger partial charge in [0.15, 0.2) is 6.04 Å². The Morgan fingerprint density at radius 3 is 1.49 bits per heavy atom. The molecule has 12 heteroatoms. The van der Waals surface area contributed by atoms with Gasteiger partial charge in [0.2, 0.25) is 5.91 Å². The Balaban J connectivity index is 3.76. The van der Waals surface area contributed by atoms with E-state index in [0.717, 1.165) is 32.1 Å². The van der Waals surface area contributed by atoms with Gasteiger partial charge in [0.25, 0.3) is 0 Å². The van der Waals surface area contributed by atoms with Crippen LogP contribution in [0.2, 0.25) is 0 Å². The summed E-state index contributed by atoms with van der Waals surface area (Å²) in [5, 5.41) is 21.4. The van der Waals surface area contributed by atoms with E-state index >= 15 is 0 Å². The number of carbonyl (C=O) groups excluding carboxylic acids is 2. The SMILES string of the molecule is CCCCCCCCCCCCCCCCCCCCC(=O)OCC(O)COP(=O)(O)OCC(NC(=O)CCCCC)C(=O)O. The van der Waals surface area contributed by atoms with Crippen LogP contribution in [0.25, 0.3) is 0 Å². The van der Waals surface area contributed by atoms with Gasteiger partial charge in [0.05, 0.1) is 13.2 Å². The Kier molecular flexibility index (Phi) is 28.8. The van der Waals surface area contributed by atoms with Gasteiger partial charge in [0.1, 0.15) is 12.7 Å². The molecule has 0 rings (SSSR count). The summed E-state index contributed by atoms with van der Waals surface area (Å²) in [4.78, 5) is 44.9. The number of carboxylic acid groups (broad SMARTS) is 1. The Hall–Kier alpha value is -1.52. The highest BCUT2D eigenvalue weighted by Crippen LogP contribution is 2.43. The zero-order valence-corrected chi connectivity index (χ0v) is 29.1. The number of unbranched alkanes of at least 4 members (excludes halogenated alkanes) is 19. The van der Waals surface area contributed by atoms with Crippen LogP contribution in [0.15, 0.2) is 0 Å². The van der Waals surface area contributed by atoms with Crippen molar-refractivity contribution in [3.8, 4) is 0 Å². The third-order valence-corrected chi connectivity index (χ3v) is 8.60. The zero-order chi connectivity index (χ0) is 33.6. The van der Waals surface area contributed by atoms with Crippen molar-refractivity contribution in [3.05, 3.63) is 0 Å². The summed E-state index contributed by atoms with van der Waals surface area (Å²) in [5.41, 5.74) is 0. The first-order chi connectivity index (χ1) is 21.6. The van der Waals surface area contributed by atoms with Crippen LogP contribution in [-0.4, -0.2) is 64.9 Å². The summed E-state index contributed by atoms with van der Waals surface area (Å²) < 4.78 is 26.4. The van der Waals surface area contributed by atoms with Crippen LogP contribution in [0.4, 0.5) is 0 Å². The molecule has 0 fully saturated rings. The number of rotatable bonds is 33. The van der Waals surface area contributed by atoms with Gasteiger partial charge < -0.3 is 25.2 Å². The Bertz CT molecular complexity index is 797. The standard InChI is InChI=1S/C33H64NO10P/c1-3-5-7-8-9-10-11-12-13-14-15-16-17-18-19-20-21-23-25-32(37)42-26-29(35)27-43-45(40,41)44-28-30(33(38)39)34-31(36)24-22-6-4-2/h29-30,35H,3-28H2,1-2H3,(H,34,36)(H,38,39)(H,40,41). The number of phosphoric acid groups is 1. The topological polar surface area (TPSA) is 169 Å². The maximum absolute atomic E-state index is 12.1. The molecule has 0 radical (unpaired) electrons. The van der Waals surface area contributed by atoms with E-state index < -0.39 is 57.6 Å². The van der Waals surface area contributed by atoms with Crippen molar-refractivity contribution in [1.29, 1.82) is 0 Å². The molecule has 0 spiro atoms. The van der Waals surface area contributed by atoms with E-state index in [0.29, 0.717) is 12.8 Å². The van der Waals surface area contributed by atoms with Crippen molar-refractivity contribution < 1.29 is 47.8 Å². The number of carboxylic acids is 1. The molecule has 0 heterocycles. The third-order valence-electron chi connectivity index (χ3n) is 7.65. The van der Waals surface area contributed by atoms with Crippen LogP contribution in [0.5, 0.6) is 0 Å². The van der Waals surface area contributed by atoms with Gasteiger partial charge in [-0.3, -0.25) is 18.6 Å². The average Bonchev–Trinajstić information content (AvgIpc) is 3.00. The zero-order valence-electron chi connectivity index (χ0n) is 28.2. The molecule has 0 bridgehead atoms. The van der Waals surface area contributed by atoms with Gasteiger partial charge in [-0.2, -0.15) is 0 Å². The fraction of sp³-hybridized carbons (Fsp3) is 0.909. The minimum absolute atomic E-state index is 0.134. The lowest BCUT2D eigenvalue weighted by Crippen LogP contribution is -2.43. The molecule has 0 aliphatic rings. The molecule has 45 heavy (non-hydrogen) atoms. The normalized spacial score (nSPS) is 14.0. The molecule has 4 N–H and O–H groups in total. The molecular weight excluding hydrogens is 601 g/mol. The highest BCUT2D eigenvalue weighted by Gasteiger charge is 2.28. The quantitative estimate of drug-likeness (QED) is 0.0311. The number of hydrogen-bond acceptors (Lipinski definition) is 8. The van der Waals surface area contributed by atoms with E-state index in [2.05, 4.69) is 21.3 Å². The molecule has 0 saturated carbocycles. The van der Waals surface area contributed by atoms with Gasteiger partial charge in [-0.1, -0.05) is 136 Å². The van der Waals surface area contributed by atoms with E-state index in [1.54, 1.807) is 0 Å². The monoisotopic (exact) mass is 665 g/mol. The highest BCUT2D eigenvalue weighted by molar-refractivity contribution is 7.47. The molecule has 0 saturated heterocycles. The van der Waals surface area contributed by atoms with Crippen molar-refractivity contribution in [1.82, 2.24) is 5.32 Å². The number of aliphatic hydroxyl groups excluding tert-OH is 1. The highest BCUT2D eigenvalue weighted by atomic mass is 31.2. The second kappa shape index (κ2) is 29.9. The maximum Gasteiger partial charge on any atom is 0.472 e. The van der Waals surface area contributed by atoms with E-state index in [-0.39, 0.29) is 12.8 Å². The predicted molar refractivity (Wildman–Crippen MR) is 176 cm³/mol. The minimum Gasteiger partial charge on any atom is -0.480 e. The summed E-state index contributed by atoms with van der Waals surface area (Å²) in [6.07, 6.45) is 24.0. The van der Waals surface area contributed by atoms with Crippen molar-refractivity contribution in [3.63, 3.8) is 0 Å². The molecule has 3 unspecified atom stereocenters. The van der Waals surface area contributed by atoms with Crippen LogP contribution in [-0.2, 0) is 32.7 Å². The van der Waals surface area contributed by atoms with Gasteiger partial charge in [-0.05, 0) is 12.8 Å². The average molecular weight is 666 g/mol. The fourth-order valence-corrected chi connectivity index (χ4v) is 5.62. The first-order valence-electron chi connectivity index (χ1n) is 17.6. The number of amides is 1. The smallest absolute Gasteiger partial charge is 0.472 e. The molecule has 1 amide bonds. The number of esters is 1. The van der Waals surface area contributed by atoms with Crippen LogP contribution in [0.3, 0.4) is 0 Å². The van der Waals surface area contributed by atoms with Crippen molar-refractivity contribution in [2.24, 2.45) is 0 Å². The lowest BCUT2D eigenvalue weighted by atomic mass is 10.0. The first kappa shape index (κ1) is 43.5. The summed E-state index contributed by atoms with van der Waals surface area (Å²) in [6, 6.07) is -1.53. The molecule has 11 nitrogen and oxygen atoms in total. The Morgan fingerprint density at radius 2 is 1.02 bits per heavy atom. The third kappa shape index (κ3) is 29.6. The molecule has 3 atom stereocenters. The van der Waals surface area contributed by atoms with E-state index in [1.807, 2.05) is 6.92 Å². The molecular formula is C33H64NO10P. The van der Waals surface area contributed by atoms with Crippen LogP contribution >= 0.6 is 7.82 Å². The fourth-order valence-electron chi connectivity index (χ4n) is 4.84. The summed E-state index contributed by atoms with van der Waals surface area (Å²) in [5.74, 6) is -2.40. The second-order valence-electron chi connectivity index (χ2n) is 12.1. The van der Waals surface area contributed by atoms with Crippen molar-refractivity contribution in [2.45, 2.75) is 174 Å². The summed E-state index contributed by atoms with van der Waals surface area (Å²) in [6.45, 7) is 2.35. The lowest BCUT2D eigenvalue weighted by Gasteiger charge is -2.18. The van der Waals surface area contributed by atoms with Crippen LogP contribution in [0, 0.1) is 0 Å². The molecule has 0 aliphatic carbocycles. The number of aliphatic carboxylic acids is 1. The van der Waals surface area contributed by atoms with Crippen molar-refractivity contribution in [2.75, 3.05) is 19.8 Å². The van der Waals surface area contributed by atoms with Gasteiger partial charge >= 0.3 is 19.8 Å². The maximum atomic E-state index is 12.1. The number of aliphatic hydroxyl groups is 1. The lowest BCUT2D eigenvalue weighted by molar-refractivity contribution is -0.147. The molecule has 266 valence electrons. The van der Waals surface area contributed by atoms with Crippen LogP contribution in [0.1, 0.15) is 162 Å². The Labute approximate surface area is 272 Å². The minimum atomic E-state index is -4.72. The Morgan fingerprint density at radius 1 is 0.622 bits per heavy atom. The predicted octanol–water partition coefficient (Wildman–Crippen LogP) is 7.61. The van der Waals surface area contributed by atoms with E-state index in [4.69, 9.17) is 4.74 Å². The number of ether oxygens (including phenoxy) is 1. The van der Waals surface area contributed by atoms with Gasteiger partial charge in [-0.15, -0.1) is 0 Å². The molecule has 0 aromatic heterocycles. The van der Waals surface area contributed by atoms with Gasteiger partial charge in [0, 0.05) is 12.8 Å². The van der Waals surface area contributed by atoms with E-state index in [1.165, 1.54) is 89.9 Å². The van der Waals surface area contributed by atoms with Crippen molar-refractivity contribution >= 4 is 25.7 Å². The van der Waals surface area contributed by atoms with E-state index in [9.17, 15) is 34.1 Å². The number of nitrogens with one attached hydrogen (secondary N) is 1. The molecule has 0 aliphatic heterocycles. The first-order valence-corrected chi connectivity index (χ1v) is 19.1. The largest absolute Gasteiger partial charge is 0.480 e. The molecule has 0 aromatic carbocycles. The van der Waals surface area contributed by atoms with Crippen LogP contribution < -0.4 is 5.32 Å².